The van der Waals surface area contributed by atoms with Gasteiger partial charge in [-0.25, -0.2) is 4.79 Å². The molecular formula is C14H13N3O3. The van der Waals surface area contributed by atoms with Crippen molar-refractivity contribution >= 4 is 16.9 Å². The van der Waals surface area contributed by atoms with Gasteiger partial charge in [0.1, 0.15) is 5.75 Å². The first kappa shape index (κ1) is 12.3. The third-order valence-electron chi connectivity index (χ3n) is 3.39. The Balaban J connectivity index is 2.24. The average molecular weight is 271 g/mol. The van der Waals surface area contributed by atoms with Crippen molar-refractivity contribution in [2.75, 3.05) is 0 Å². The molecule has 0 atom stereocenters. The summed E-state index contributed by atoms with van der Waals surface area (Å²) >= 11 is 0. The minimum atomic E-state index is -1.05. The van der Waals surface area contributed by atoms with Crippen LogP contribution in [-0.4, -0.2) is 30.5 Å². The topological polar surface area (TPSA) is 80.3 Å². The van der Waals surface area contributed by atoms with Crippen molar-refractivity contribution in [3.8, 4) is 17.1 Å². The first-order valence-electron chi connectivity index (χ1n) is 6.03. The second kappa shape index (κ2) is 4.12. The Kier molecular flexibility index (Phi) is 2.53. The minimum absolute atomic E-state index is 0.00982. The molecule has 2 aromatic heterocycles. The molecule has 3 aromatic rings. The van der Waals surface area contributed by atoms with E-state index in [4.69, 9.17) is 5.11 Å². The summed E-state index contributed by atoms with van der Waals surface area (Å²) in [4.78, 5) is 11.0. The lowest BCUT2D eigenvalue weighted by atomic mass is 10.2. The van der Waals surface area contributed by atoms with Crippen LogP contribution < -0.4 is 0 Å². The zero-order valence-electron chi connectivity index (χ0n) is 11.0. The average Bonchev–Trinajstić information content (AvgIpc) is 2.91. The number of phenolic OH excluding ortho intramolecular Hbond substituents is 1. The summed E-state index contributed by atoms with van der Waals surface area (Å²) in [5, 5.41) is 23.4. The van der Waals surface area contributed by atoms with Gasteiger partial charge in [0, 0.05) is 31.1 Å². The number of carboxylic acid groups (broad SMARTS) is 1. The molecule has 6 nitrogen and oxygen atoms in total. The summed E-state index contributed by atoms with van der Waals surface area (Å²) in [7, 11) is 3.60. The quantitative estimate of drug-likeness (QED) is 0.747. The van der Waals surface area contributed by atoms with Crippen molar-refractivity contribution in [3.05, 3.63) is 36.0 Å². The van der Waals surface area contributed by atoms with Gasteiger partial charge in [0.2, 0.25) is 0 Å². The van der Waals surface area contributed by atoms with Crippen LogP contribution in [-0.2, 0) is 14.1 Å². The molecule has 0 aliphatic heterocycles. The monoisotopic (exact) mass is 271 g/mol. The Labute approximate surface area is 114 Å². The zero-order valence-corrected chi connectivity index (χ0v) is 11.0. The van der Waals surface area contributed by atoms with Crippen LogP contribution in [0.25, 0.3) is 22.3 Å². The van der Waals surface area contributed by atoms with E-state index in [0.29, 0.717) is 5.69 Å². The Morgan fingerprint density at radius 2 is 1.90 bits per heavy atom. The van der Waals surface area contributed by atoms with Gasteiger partial charge in [0.15, 0.2) is 5.69 Å². The molecule has 0 spiro atoms. The molecule has 6 heteroatoms. The van der Waals surface area contributed by atoms with Crippen LogP contribution in [0, 0.1) is 0 Å². The minimum Gasteiger partial charge on any atom is -0.508 e. The Morgan fingerprint density at radius 1 is 1.15 bits per heavy atom. The molecule has 0 saturated carbocycles. The van der Waals surface area contributed by atoms with Crippen LogP contribution in [0.5, 0.6) is 5.75 Å². The van der Waals surface area contributed by atoms with Gasteiger partial charge < -0.3 is 14.8 Å². The largest absolute Gasteiger partial charge is 0.508 e. The van der Waals surface area contributed by atoms with E-state index < -0.39 is 5.97 Å². The molecule has 0 amide bonds. The highest BCUT2D eigenvalue weighted by molar-refractivity contribution is 5.90. The number of fused-ring (bicyclic) bond motifs is 1. The first-order valence-corrected chi connectivity index (χ1v) is 6.03. The lowest BCUT2D eigenvalue weighted by Crippen LogP contribution is -2.00. The molecule has 0 aliphatic rings. The summed E-state index contributed by atoms with van der Waals surface area (Å²) in [6.07, 6.45) is 0. The third-order valence-corrected chi connectivity index (χ3v) is 3.39. The van der Waals surface area contributed by atoms with Crippen LogP contribution >= 0.6 is 0 Å². The molecule has 2 N–H and O–H groups in total. The Hall–Kier alpha value is -2.76. The number of aromatic nitrogens is 3. The van der Waals surface area contributed by atoms with E-state index in [1.165, 1.54) is 10.7 Å². The number of aryl methyl sites for hydroxylation is 2. The number of aromatic carboxylic acids is 1. The standard InChI is InChI=1S/C14H13N3O3/c1-16-11-4-3-9(18)5-8(11)6-12(16)13-7-10(14(19)20)15-17(13)2/h3-7,18H,1-2H3,(H,19,20). The van der Waals surface area contributed by atoms with Crippen LogP contribution in [0.4, 0.5) is 0 Å². The molecule has 0 aliphatic carbocycles. The highest BCUT2D eigenvalue weighted by atomic mass is 16.4. The number of carbonyl (C=O) groups is 1. The summed E-state index contributed by atoms with van der Waals surface area (Å²) in [5.41, 5.74) is 2.51. The van der Waals surface area contributed by atoms with Crippen LogP contribution in [0.1, 0.15) is 10.5 Å². The fourth-order valence-electron chi connectivity index (χ4n) is 2.39. The Morgan fingerprint density at radius 3 is 2.55 bits per heavy atom. The fourth-order valence-corrected chi connectivity index (χ4v) is 2.39. The second-order valence-corrected chi connectivity index (χ2v) is 4.68. The lowest BCUT2D eigenvalue weighted by Gasteiger charge is -2.04. The normalized spacial score (nSPS) is 11.1. The number of rotatable bonds is 2. The maximum Gasteiger partial charge on any atom is 0.356 e. The van der Waals surface area contributed by atoms with Gasteiger partial charge in [0.25, 0.3) is 0 Å². The predicted molar refractivity (Wildman–Crippen MR) is 73.7 cm³/mol. The van der Waals surface area contributed by atoms with Gasteiger partial charge in [-0.15, -0.1) is 0 Å². The molecule has 0 unspecified atom stereocenters. The maximum atomic E-state index is 11.0. The number of aromatic hydroxyl groups is 1. The first-order chi connectivity index (χ1) is 9.47. The van der Waals surface area contributed by atoms with E-state index in [1.807, 2.05) is 23.7 Å². The highest BCUT2D eigenvalue weighted by Gasteiger charge is 2.16. The number of benzene rings is 1. The maximum absolute atomic E-state index is 11.0. The fraction of sp³-hybridized carbons (Fsp3) is 0.143. The van der Waals surface area contributed by atoms with E-state index in [2.05, 4.69) is 5.10 Å². The molecule has 2 heterocycles. The molecule has 0 radical (unpaired) electrons. The summed E-state index contributed by atoms with van der Waals surface area (Å²) in [5.74, 6) is -0.853. The molecule has 0 bridgehead atoms. The summed E-state index contributed by atoms with van der Waals surface area (Å²) < 4.78 is 3.48. The highest BCUT2D eigenvalue weighted by Crippen LogP contribution is 2.29. The summed E-state index contributed by atoms with van der Waals surface area (Å²) in [6.45, 7) is 0. The van der Waals surface area contributed by atoms with Crippen molar-refractivity contribution in [2.45, 2.75) is 0 Å². The molecule has 0 saturated heterocycles. The van der Waals surface area contributed by atoms with Crippen molar-refractivity contribution in [1.29, 1.82) is 0 Å². The van der Waals surface area contributed by atoms with Gasteiger partial charge >= 0.3 is 5.97 Å². The second-order valence-electron chi connectivity index (χ2n) is 4.68. The van der Waals surface area contributed by atoms with Gasteiger partial charge in [-0.2, -0.15) is 5.10 Å². The van der Waals surface area contributed by atoms with Crippen molar-refractivity contribution < 1.29 is 15.0 Å². The predicted octanol–water partition coefficient (Wildman–Crippen LogP) is 1.98. The number of hydrogen-bond acceptors (Lipinski definition) is 3. The van der Waals surface area contributed by atoms with Crippen LogP contribution in [0.3, 0.4) is 0 Å². The van der Waals surface area contributed by atoms with E-state index in [0.717, 1.165) is 16.6 Å². The van der Waals surface area contributed by atoms with E-state index in [-0.39, 0.29) is 11.4 Å². The molecule has 1 aromatic carbocycles. The van der Waals surface area contributed by atoms with E-state index >= 15 is 0 Å². The van der Waals surface area contributed by atoms with E-state index in [1.54, 1.807) is 19.2 Å². The number of phenols is 1. The molecule has 102 valence electrons. The molecule has 20 heavy (non-hydrogen) atoms. The number of nitrogens with zero attached hydrogens (tertiary/aromatic N) is 3. The zero-order chi connectivity index (χ0) is 14.4. The SMILES string of the molecule is Cn1nc(C(=O)O)cc1-c1cc2cc(O)ccc2n1C. The molecular weight excluding hydrogens is 258 g/mol. The Bertz CT molecular complexity index is 830. The van der Waals surface area contributed by atoms with Crippen molar-refractivity contribution in [1.82, 2.24) is 14.3 Å². The van der Waals surface area contributed by atoms with Crippen LogP contribution in [0.15, 0.2) is 30.3 Å². The smallest absolute Gasteiger partial charge is 0.356 e. The lowest BCUT2D eigenvalue weighted by molar-refractivity contribution is 0.0689. The van der Waals surface area contributed by atoms with Crippen molar-refractivity contribution in [2.24, 2.45) is 14.1 Å². The molecule has 0 fully saturated rings. The van der Waals surface area contributed by atoms with Gasteiger partial charge in [-0.05, 0) is 24.3 Å². The third kappa shape index (κ3) is 1.73. The number of carboxylic acids is 1. The van der Waals surface area contributed by atoms with E-state index in [9.17, 15) is 9.90 Å². The molecule has 3 rings (SSSR count). The van der Waals surface area contributed by atoms with Crippen molar-refractivity contribution in [3.63, 3.8) is 0 Å². The number of hydrogen-bond donors (Lipinski definition) is 2. The van der Waals surface area contributed by atoms with Gasteiger partial charge in [-0.3, -0.25) is 4.68 Å². The van der Waals surface area contributed by atoms with Gasteiger partial charge in [-0.1, -0.05) is 0 Å². The van der Waals surface area contributed by atoms with Crippen LogP contribution in [0.2, 0.25) is 0 Å². The summed E-state index contributed by atoms with van der Waals surface area (Å²) in [6, 6.07) is 8.56. The van der Waals surface area contributed by atoms with Gasteiger partial charge in [0.05, 0.1) is 11.4 Å².